The van der Waals surface area contributed by atoms with Crippen molar-refractivity contribution in [2.75, 3.05) is 13.1 Å². The van der Waals surface area contributed by atoms with Gasteiger partial charge in [0.1, 0.15) is 0 Å². The van der Waals surface area contributed by atoms with Crippen LogP contribution in [0.2, 0.25) is 0 Å². The molecule has 1 amide bonds. The molecule has 1 aliphatic rings. The van der Waals surface area contributed by atoms with Crippen LogP contribution in [0.1, 0.15) is 39.2 Å². The van der Waals surface area contributed by atoms with Crippen molar-refractivity contribution >= 4 is 16.7 Å². The van der Waals surface area contributed by atoms with Crippen LogP contribution in [-0.2, 0) is 11.3 Å². The number of benzene rings is 2. The summed E-state index contributed by atoms with van der Waals surface area (Å²) >= 11 is 0. The average Bonchev–Trinajstić information content (AvgIpc) is 3.14. The molecule has 1 heterocycles. The van der Waals surface area contributed by atoms with Gasteiger partial charge in [-0.15, -0.1) is 0 Å². The molecule has 2 aromatic carbocycles. The van der Waals surface area contributed by atoms with Crippen LogP contribution in [0.4, 0.5) is 0 Å². The number of hydrogen-bond donors (Lipinski definition) is 2. The molecule has 2 aromatic rings. The Morgan fingerprint density at radius 2 is 1.68 bits per heavy atom. The first-order chi connectivity index (χ1) is 10.8. The van der Waals surface area contributed by atoms with E-state index in [2.05, 4.69) is 34.9 Å². The van der Waals surface area contributed by atoms with E-state index >= 15 is 0 Å². The highest BCUT2D eigenvalue weighted by Gasteiger charge is 1.96. The SMILES string of the molecule is C1CCNC1.CC.CC(=O)NCc1ccc2ccccc2c1. The molecule has 0 spiro atoms. The third-order valence-electron chi connectivity index (χ3n) is 3.31. The minimum atomic E-state index is 0.00292. The maximum absolute atomic E-state index is 10.8. The number of hydrogen-bond acceptors (Lipinski definition) is 2. The summed E-state index contributed by atoms with van der Waals surface area (Å²) in [5.74, 6) is 0.00292. The average molecular weight is 300 g/mol. The summed E-state index contributed by atoms with van der Waals surface area (Å²) in [6, 6.07) is 14.4. The minimum absolute atomic E-state index is 0.00292. The smallest absolute Gasteiger partial charge is 0.217 e. The maximum Gasteiger partial charge on any atom is 0.217 e. The zero-order valence-corrected chi connectivity index (χ0v) is 14.0. The van der Waals surface area contributed by atoms with Crippen LogP contribution in [0.3, 0.4) is 0 Å². The van der Waals surface area contributed by atoms with Crippen molar-refractivity contribution < 1.29 is 4.79 Å². The van der Waals surface area contributed by atoms with Crippen LogP contribution in [0.15, 0.2) is 42.5 Å². The van der Waals surface area contributed by atoms with E-state index in [4.69, 9.17) is 0 Å². The number of rotatable bonds is 2. The third kappa shape index (κ3) is 6.72. The molecule has 2 N–H and O–H groups in total. The molecule has 0 aliphatic carbocycles. The molecule has 0 saturated carbocycles. The van der Waals surface area contributed by atoms with E-state index in [9.17, 15) is 4.79 Å². The van der Waals surface area contributed by atoms with Crippen LogP contribution in [0.5, 0.6) is 0 Å². The number of carbonyl (C=O) groups excluding carboxylic acids is 1. The molecule has 1 saturated heterocycles. The summed E-state index contributed by atoms with van der Waals surface area (Å²) in [4.78, 5) is 10.8. The summed E-state index contributed by atoms with van der Waals surface area (Å²) in [6.45, 7) is 8.63. The molecular formula is C19H28N2O. The van der Waals surface area contributed by atoms with Crippen molar-refractivity contribution in [2.24, 2.45) is 0 Å². The first-order valence-electron chi connectivity index (χ1n) is 8.18. The van der Waals surface area contributed by atoms with Gasteiger partial charge in [0.25, 0.3) is 0 Å². The Bertz CT molecular complexity index is 555. The molecule has 0 atom stereocenters. The number of nitrogens with one attached hydrogen (secondary N) is 2. The van der Waals surface area contributed by atoms with Gasteiger partial charge in [0, 0.05) is 13.5 Å². The second kappa shape index (κ2) is 10.8. The van der Waals surface area contributed by atoms with Gasteiger partial charge in [-0.25, -0.2) is 0 Å². The van der Waals surface area contributed by atoms with Gasteiger partial charge < -0.3 is 10.6 Å². The second-order valence-corrected chi connectivity index (χ2v) is 5.05. The standard InChI is InChI=1S/C13H13NO.C4H9N.C2H6/c1-10(15)14-9-11-6-7-12-4-2-3-5-13(12)8-11;1-2-4-5-3-1;1-2/h2-8H,9H2,1H3,(H,14,15);5H,1-4H2;1-2H3. The monoisotopic (exact) mass is 300 g/mol. The first kappa shape index (κ1) is 18.2. The lowest BCUT2D eigenvalue weighted by molar-refractivity contribution is -0.119. The van der Waals surface area contributed by atoms with Gasteiger partial charge in [0.05, 0.1) is 0 Å². The first-order valence-corrected chi connectivity index (χ1v) is 8.18. The lowest BCUT2D eigenvalue weighted by Gasteiger charge is -2.04. The highest BCUT2D eigenvalue weighted by Crippen LogP contribution is 2.15. The van der Waals surface area contributed by atoms with E-state index in [0.29, 0.717) is 6.54 Å². The van der Waals surface area contributed by atoms with E-state index in [1.807, 2.05) is 32.0 Å². The fourth-order valence-corrected chi connectivity index (χ4v) is 2.20. The summed E-state index contributed by atoms with van der Waals surface area (Å²) in [5.41, 5.74) is 1.13. The van der Waals surface area contributed by atoms with Crippen molar-refractivity contribution in [3.63, 3.8) is 0 Å². The van der Waals surface area contributed by atoms with Crippen LogP contribution >= 0.6 is 0 Å². The second-order valence-electron chi connectivity index (χ2n) is 5.05. The maximum atomic E-state index is 10.8. The van der Waals surface area contributed by atoms with E-state index in [0.717, 1.165) is 5.56 Å². The van der Waals surface area contributed by atoms with E-state index in [1.165, 1.54) is 43.6 Å². The molecule has 120 valence electrons. The molecule has 0 bridgehead atoms. The molecule has 3 heteroatoms. The molecule has 22 heavy (non-hydrogen) atoms. The van der Waals surface area contributed by atoms with Crippen LogP contribution < -0.4 is 10.6 Å². The fraction of sp³-hybridized carbons (Fsp3) is 0.421. The Balaban J connectivity index is 0.000000289. The summed E-state index contributed by atoms with van der Waals surface area (Å²) in [5, 5.41) is 8.44. The van der Waals surface area contributed by atoms with E-state index in [1.54, 1.807) is 0 Å². The molecule has 0 aromatic heterocycles. The van der Waals surface area contributed by atoms with Crippen molar-refractivity contribution in [1.29, 1.82) is 0 Å². The quantitative estimate of drug-likeness (QED) is 0.884. The summed E-state index contributed by atoms with van der Waals surface area (Å²) in [7, 11) is 0. The van der Waals surface area contributed by atoms with Gasteiger partial charge in [-0.3, -0.25) is 4.79 Å². The van der Waals surface area contributed by atoms with Crippen molar-refractivity contribution in [2.45, 2.75) is 40.2 Å². The zero-order chi connectivity index (χ0) is 16.2. The highest BCUT2D eigenvalue weighted by atomic mass is 16.1. The third-order valence-corrected chi connectivity index (χ3v) is 3.31. The van der Waals surface area contributed by atoms with Gasteiger partial charge >= 0.3 is 0 Å². The van der Waals surface area contributed by atoms with Crippen LogP contribution in [0.25, 0.3) is 10.8 Å². The zero-order valence-electron chi connectivity index (χ0n) is 14.0. The lowest BCUT2D eigenvalue weighted by atomic mass is 10.1. The normalized spacial score (nSPS) is 12.7. The predicted molar refractivity (Wildman–Crippen MR) is 94.9 cm³/mol. The van der Waals surface area contributed by atoms with Gasteiger partial charge in [0.2, 0.25) is 5.91 Å². The largest absolute Gasteiger partial charge is 0.352 e. The van der Waals surface area contributed by atoms with Crippen molar-refractivity contribution in [3.8, 4) is 0 Å². The van der Waals surface area contributed by atoms with Gasteiger partial charge in [-0.05, 0) is 48.3 Å². The number of carbonyl (C=O) groups is 1. The Kier molecular flexibility index (Phi) is 8.92. The van der Waals surface area contributed by atoms with Crippen molar-refractivity contribution in [1.82, 2.24) is 10.6 Å². The van der Waals surface area contributed by atoms with Crippen LogP contribution in [-0.4, -0.2) is 19.0 Å². The Labute approximate surface area is 134 Å². The topological polar surface area (TPSA) is 41.1 Å². The van der Waals surface area contributed by atoms with Crippen LogP contribution in [0, 0.1) is 0 Å². The summed E-state index contributed by atoms with van der Waals surface area (Å²) < 4.78 is 0. The molecule has 0 radical (unpaired) electrons. The Morgan fingerprint density at radius 1 is 1.05 bits per heavy atom. The molecule has 0 unspecified atom stereocenters. The molecule has 1 fully saturated rings. The highest BCUT2D eigenvalue weighted by molar-refractivity contribution is 5.83. The van der Waals surface area contributed by atoms with Crippen molar-refractivity contribution in [3.05, 3.63) is 48.0 Å². The fourth-order valence-electron chi connectivity index (χ4n) is 2.20. The predicted octanol–water partition coefficient (Wildman–Crippen LogP) is 3.87. The minimum Gasteiger partial charge on any atom is -0.352 e. The Morgan fingerprint density at radius 3 is 2.23 bits per heavy atom. The van der Waals surface area contributed by atoms with E-state index < -0.39 is 0 Å². The van der Waals surface area contributed by atoms with E-state index in [-0.39, 0.29) is 5.91 Å². The lowest BCUT2D eigenvalue weighted by Crippen LogP contribution is -2.18. The van der Waals surface area contributed by atoms with Gasteiger partial charge in [-0.2, -0.15) is 0 Å². The Hall–Kier alpha value is -1.87. The number of fused-ring (bicyclic) bond motifs is 1. The molecule has 1 aliphatic heterocycles. The number of amides is 1. The summed E-state index contributed by atoms with van der Waals surface area (Å²) in [6.07, 6.45) is 2.78. The molecule has 3 rings (SSSR count). The molecule has 3 nitrogen and oxygen atoms in total. The van der Waals surface area contributed by atoms with Gasteiger partial charge in [0.15, 0.2) is 0 Å². The molecular weight excluding hydrogens is 272 g/mol. The van der Waals surface area contributed by atoms with Gasteiger partial charge in [-0.1, -0.05) is 50.2 Å².